The van der Waals surface area contributed by atoms with Gasteiger partial charge in [0.25, 0.3) is 0 Å². The topological polar surface area (TPSA) is 19.4 Å². The van der Waals surface area contributed by atoms with Gasteiger partial charge in [0.2, 0.25) is 0 Å². The van der Waals surface area contributed by atoms with E-state index in [1.54, 1.807) is 0 Å². The van der Waals surface area contributed by atoms with E-state index in [4.69, 9.17) is 0 Å². The third-order valence-electron chi connectivity index (χ3n) is 6.35. The quantitative estimate of drug-likeness (QED) is 0.286. The lowest BCUT2D eigenvalue weighted by molar-refractivity contribution is 0.262. The molecule has 0 atom stereocenters. The average Bonchev–Trinajstić information content (AvgIpc) is 2.73. The summed E-state index contributed by atoms with van der Waals surface area (Å²) in [6.07, 6.45) is 4.93. The Morgan fingerprint density at radius 2 is 0.765 bits per heavy atom. The minimum atomic E-state index is 1.03. The first-order valence-electron chi connectivity index (χ1n) is 13.3. The normalized spacial score (nSPS) is 12.4. The lowest BCUT2D eigenvalue weighted by Crippen LogP contribution is -2.28. The molecule has 0 aliphatic rings. The highest BCUT2D eigenvalue weighted by atomic mass is 15.1. The van der Waals surface area contributed by atoms with E-state index >= 15 is 0 Å². The molecule has 198 valence electrons. The van der Waals surface area contributed by atoms with Crippen molar-refractivity contribution in [2.24, 2.45) is 0 Å². The fourth-order valence-corrected chi connectivity index (χ4v) is 4.37. The van der Waals surface area contributed by atoms with Crippen molar-refractivity contribution >= 4 is 0 Å². The zero-order valence-corrected chi connectivity index (χ0v) is 23.9. The van der Waals surface area contributed by atoms with E-state index in [2.05, 4.69) is 110 Å². The largest absolute Gasteiger partial charge is 0.309 e. The molecule has 0 saturated heterocycles. The van der Waals surface area contributed by atoms with Crippen LogP contribution < -0.4 is 0 Å². The fourth-order valence-electron chi connectivity index (χ4n) is 4.37. The van der Waals surface area contributed by atoms with Crippen molar-refractivity contribution < 1.29 is 0 Å². The zero-order chi connectivity index (χ0) is 25.3. The smallest absolute Gasteiger partial charge is 0.0230 e. The van der Waals surface area contributed by atoms with Crippen molar-refractivity contribution in [3.05, 3.63) is 35.4 Å². The summed E-state index contributed by atoms with van der Waals surface area (Å²) >= 11 is 0. The van der Waals surface area contributed by atoms with Gasteiger partial charge in [0.15, 0.2) is 0 Å². The SMILES string of the molecule is CN(C)CCCN(C)CCCN(C)Cc1cccc(CN(C)CCCN(C)CCCN(C)C)c1. The van der Waals surface area contributed by atoms with Gasteiger partial charge < -0.3 is 29.4 Å². The minimum absolute atomic E-state index is 1.03. The van der Waals surface area contributed by atoms with Crippen LogP contribution in [0.4, 0.5) is 0 Å². The first kappa shape index (κ1) is 31.0. The second kappa shape index (κ2) is 18.3. The van der Waals surface area contributed by atoms with Crippen molar-refractivity contribution in [2.75, 3.05) is 109 Å². The van der Waals surface area contributed by atoms with E-state index in [-0.39, 0.29) is 0 Å². The molecule has 1 aromatic rings. The Labute approximate surface area is 212 Å². The Balaban J connectivity index is 2.26. The van der Waals surface area contributed by atoms with Gasteiger partial charge in [-0.05, 0) is 146 Å². The molecule has 0 fully saturated rings. The molecular formula is C28H56N6. The molecule has 0 amide bonds. The number of nitrogens with zero attached hydrogens (tertiary/aromatic N) is 6. The molecule has 0 heterocycles. The molecule has 6 heteroatoms. The Kier molecular flexibility index (Phi) is 16.7. The Morgan fingerprint density at radius 3 is 1.12 bits per heavy atom. The lowest BCUT2D eigenvalue weighted by atomic mass is 10.1. The molecule has 1 rings (SSSR count). The predicted octanol–water partition coefficient (Wildman–Crippen LogP) is 3.10. The van der Waals surface area contributed by atoms with Crippen LogP contribution in [0, 0.1) is 0 Å². The first-order valence-corrected chi connectivity index (χ1v) is 13.3. The highest BCUT2D eigenvalue weighted by Gasteiger charge is 2.06. The van der Waals surface area contributed by atoms with Crippen molar-refractivity contribution in [3.8, 4) is 0 Å². The summed E-state index contributed by atoms with van der Waals surface area (Å²) in [6, 6.07) is 9.17. The van der Waals surface area contributed by atoms with E-state index in [9.17, 15) is 0 Å². The Hall–Kier alpha value is -1.02. The van der Waals surface area contributed by atoms with E-state index in [1.807, 2.05) is 0 Å². The van der Waals surface area contributed by atoms with Crippen molar-refractivity contribution in [1.29, 1.82) is 0 Å². The molecule has 0 bridgehead atoms. The molecule has 0 radical (unpaired) electrons. The van der Waals surface area contributed by atoms with Crippen LogP contribution in [0.5, 0.6) is 0 Å². The number of hydrogen-bond acceptors (Lipinski definition) is 6. The van der Waals surface area contributed by atoms with Gasteiger partial charge in [-0.25, -0.2) is 0 Å². The third kappa shape index (κ3) is 16.6. The average molecular weight is 477 g/mol. The number of hydrogen-bond donors (Lipinski definition) is 0. The highest BCUT2D eigenvalue weighted by Crippen LogP contribution is 2.10. The van der Waals surface area contributed by atoms with Crippen LogP contribution in [-0.4, -0.2) is 138 Å². The van der Waals surface area contributed by atoms with Gasteiger partial charge in [-0.2, -0.15) is 0 Å². The number of rotatable bonds is 20. The lowest BCUT2D eigenvalue weighted by Gasteiger charge is -2.22. The van der Waals surface area contributed by atoms with Crippen LogP contribution in [0.2, 0.25) is 0 Å². The van der Waals surface area contributed by atoms with Crippen molar-refractivity contribution in [1.82, 2.24) is 29.4 Å². The predicted molar refractivity (Wildman–Crippen MR) is 150 cm³/mol. The summed E-state index contributed by atoms with van der Waals surface area (Å²) in [7, 11) is 17.6. The number of benzene rings is 1. The van der Waals surface area contributed by atoms with Gasteiger partial charge in [-0.1, -0.05) is 24.3 Å². The van der Waals surface area contributed by atoms with E-state index in [0.29, 0.717) is 0 Å². The molecule has 0 unspecified atom stereocenters. The molecule has 0 saturated carbocycles. The van der Waals surface area contributed by atoms with Crippen LogP contribution in [0.3, 0.4) is 0 Å². The van der Waals surface area contributed by atoms with Gasteiger partial charge >= 0.3 is 0 Å². The fraction of sp³-hybridized carbons (Fsp3) is 0.786. The minimum Gasteiger partial charge on any atom is -0.309 e. The second-order valence-corrected chi connectivity index (χ2v) is 10.9. The van der Waals surface area contributed by atoms with Gasteiger partial charge in [0.1, 0.15) is 0 Å². The van der Waals surface area contributed by atoms with Gasteiger partial charge in [-0.3, -0.25) is 0 Å². The molecule has 0 aromatic heterocycles. The Morgan fingerprint density at radius 1 is 0.441 bits per heavy atom. The van der Waals surface area contributed by atoms with Gasteiger partial charge in [0.05, 0.1) is 0 Å². The maximum Gasteiger partial charge on any atom is 0.0230 e. The Bertz CT molecular complexity index is 571. The second-order valence-electron chi connectivity index (χ2n) is 10.9. The van der Waals surface area contributed by atoms with Crippen molar-refractivity contribution in [3.63, 3.8) is 0 Å². The highest BCUT2D eigenvalue weighted by molar-refractivity contribution is 5.23. The van der Waals surface area contributed by atoms with Crippen LogP contribution in [0.25, 0.3) is 0 Å². The summed E-state index contributed by atoms with van der Waals surface area (Å²) in [4.78, 5) is 14.4. The third-order valence-corrected chi connectivity index (χ3v) is 6.35. The van der Waals surface area contributed by atoms with Gasteiger partial charge in [-0.15, -0.1) is 0 Å². The summed E-state index contributed by atoms with van der Waals surface area (Å²) in [5, 5.41) is 0. The molecule has 0 aliphatic carbocycles. The van der Waals surface area contributed by atoms with Crippen LogP contribution in [-0.2, 0) is 13.1 Å². The first-order chi connectivity index (χ1) is 16.2. The molecular weight excluding hydrogens is 420 g/mol. The molecule has 1 aromatic carbocycles. The van der Waals surface area contributed by atoms with E-state index < -0.39 is 0 Å². The van der Waals surface area contributed by atoms with Gasteiger partial charge in [0, 0.05) is 13.1 Å². The van der Waals surface area contributed by atoms with E-state index in [1.165, 1.54) is 76.1 Å². The van der Waals surface area contributed by atoms with Crippen molar-refractivity contribution in [2.45, 2.75) is 38.8 Å². The summed E-state index contributed by atoms with van der Waals surface area (Å²) in [5.74, 6) is 0. The molecule has 0 aliphatic heterocycles. The summed E-state index contributed by atoms with van der Waals surface area (Å²) < 4.78 is 0. The maximum absolute atomic E-state index is 2.47. The molecule has 0 spiro atoms. The molecule has 34 heavy (non-hydrogen) atoms. The van der Waals surface area contributed by atoms with E-state index in [0.717, 1.165) is 26.2 Å². The summed E-state index contributed by atoms with van der Waals surface area (Å²) in [5.41, 5.74) is 2.85. The zero-order valence-electron chi connectivity index (χ0n) is 23.9. The van der Waals surface area contributed by atoms with Crippen LogP contribution >= 0.6 is 0 Å². The molecule has 6 nitrogen and oxygen atoms in total. The maximum atomic E-state index is 2.47. The summed E-state index contributed by atoms with van der Waals surface area (Å²) in [6.45, 7) is 11.4. The van der Waals surface area contributed by atoms with Crippen LogP contribution in [0.15, 0.2) is 24.3 Å². The monoisotopic (exact) mass is 476 g/mol. The standard InChI is InChI=1S/C28H56N6/c1-29(2)16-10-18-31(5)20-12-22-33(7)25-27-14-9-15-28(24-27)26-34(8)23-13-21-32(6)19-11-17-30(3)4/h9,14-15,24H,10-13,16-23,25-26H2,1-8H3. The molecule has 0 N–H and O–H groups in total. The van der Waals surface area contributed by atoms with Crippen LogP contribution in [0.1, 0.15) is 36.8 Å².